The summed E-state index contributed by atoms with van der Waals surface area (Å²) in [5, 5.41) is 3.93. The lowest BCUT2D eigenvalue weighted by Crippen LogP contribution is -2.34. The van der Waals surface area contributed by atoms with Crippen molar-refractivity contribution in [1.82, 2.24) is 10.2 Å². The highest BCUT2D eigenvalue weighted by Crippen LogP contribution is 2.28. The number of furan rings is 1. The lowest BCUT2D eigenvalue weighted by Gasteiger charge is -2.25. The number of piperidine rings is 1. The molecule has 2 aliphatic rings. The van der Waals surface area contributed by atoms with E-state index < -0.39 is 0 Å². The SMILES string of the molecule is O=C1NCO/C(=C/c2ccc3occ(/C=C/C(=O)N4CCCCC4)c3c2)S1. The van der Waals surface area contributed by atoms with Gasteiger partial charge in [0.1, 0.15) is 5.58 Å². The summed E-state index contributed by atoms with van der Waals surface area (Å²) in [6.45, 7) is 1.84. The van der Waals surface area contributed by atoms with E-state index in [1.54, 1.807) is 18.4 Å². The first-order chi connectivity index (χ1) is 13.2. The summed E-state index contributed by atoms with van der Waals surface area (Å²) in [6.07, 6.45) is 10.2. The third-order valence-electron chi connectivity index (χ3n) is 4.61. The van der Waals surface area contributed by atoms with Crippen molar-refractivity contribution >= 4 is 46.0 Å². The second-order valence-electron chi connectivity index (χ2n) is 6.48. The summed E-state index contributed by atoms with van der Waals surface area (Å²) in [7, 11) is 0. The summed E-state index contributed by atoms with van der Waals surface area (Å²) in [5.74, 6) is 0.0420. The molecule has 1 N–H and O–H groups in total. The van der Waals surface area contributed by atoms with Crippen molar-refractivity contribution in [3.63, 3.8) is 0 Å². The number of likely N-dealkylation sites (tertiary alicyclic amines) is 1. The smallest absolute Gasteiger partial charge is 0.289 e. The lowest BCUT2D eigenvalue weighted by atomic mass is 10.1. The van der Waals surface area contributed by atoms with Crippen LogP contribution in [-0.4, -0.2) is 35.9 Å². The van der Waals surface area contributed by atoms with E-state index >= 15 is 0 Å². The van der Waals surface area contributed by atoms with Crippen molar-refractivity contribution < 1.29 is 18.7 Å². The summed E-state index contributed by atoms with van der Waals surface area (Å²) in [4.78, 5) is 25.7. The van der Waals surface area contributed by atoms with E-state index in [9.17, 15) is 9.59 Å². The van der Waals surface area contributed by atoms with Gasteiger partial charge >= 0.3 is 0 Å². The topological polar surface area (TPSA) is 71.8 Å². The first kappa shape index (κ1) is 17.7. The van der Waals surface area contributed by atoms with Gasteiger partial charge in [-0.1, -0.05) is 6.07 Å². The molecular formula is C20H20N2O4S. The average Bonchev–Trinajstić information content (AvgIpc) is 3.09. The monoisotopic (exact) mass is 384 g/mol. The molecule has 3 heterocycles. The van der Waals surface area contributed by atoms with Gasteiger partial charge in [-0.05, 0) is 49.1 Å². The van der Waals surface area contributed by atoms with Gasteiger partial charge in [0, 0.05) is 41.9 Å². The maximum Gasteiger partial charge on any atom is 0.289 e. The predicted octanol–water partition coefficient (Wildman–Crippen LogP) is 4.19. The number of rotatable bonds is 3. The van der Waals surface area contributed by atoms with E-state index in [1.807, 2.05) is 29.2 Å². The molecule has 0 unspecified atom stereocenters. The Labute approximate surface area is 161 Å². The Morgan fingerprint density at radius 2 is 2.07 bits per heavy atom. The van der Waals surface area contributed by atoms with Crippen molar-refractivity contribution in [2.24, 2.45) is 0 Å². The quantitative estimate of drug-likeness (QED) is 0.804. The number of fused-ring (bicyclic) bond motifs is 1. The van der Waals surface area contributed by atoms with Gasteiger partial charge in [0.25, 0.3) is 5.24 Å². The molecule has 0 saturated carbocycles. The minimum Gasteiger partial charge on any atom is -0.466 e. The van der Waals surface area contributed by atoms with Crippen LogP contribution in [0, 0.1) is 0 Å². The van der Waals surface area contributed by atoms with E-state index in [4.69, 9.17) is 9.15 Å². The largest absolute Gasteiger partial charge is 0.466 e. The van der Waals surface area contributed by atoms with Gasteiger partial charge in [0.05, 0.1) is 6.26 Å². The zero-order valence-corrected chi connectivity index (χ0v) is 15.6. The molecule has 7 heteroatoms. The zero-order chi connectivity index (χ0) is 18.6. The molecule has 1 aromatic heterocycles. The van der Waals surface area contributed by atoms with Crippen LogP contribution in [0.5, 0.6) is 0 Å². The fraction of sp³-hybridized carbons (Fsp3) is 0.300. The molecule has 2 aliphatic heterocycles. The molecule has 1 aromatic carbocycles. The van der Waals surface area contributed by atoms with Crippen LogP contribution in [0.1, 0.15) is 30.4 Å². The number of hydrogen-bond acceptors (Lipinski definition) is 5. The molecule has 0 bridgehead atoms. The lowest BCUT2D eigenvalue weighted by molar-refractivity contribution is -0.126. The minimum atomic E-state index is -0.128. The van der Waals surface area contributed by atoms with Gasteiger partial charge < -0.3 is 19.4 Å². The van der Waals surface area contributed by atoms with Gasteiger partial charge in [0.15, 0.2) is 11.8 Å². The van der Waals surface area contributed by atoms with E-state index in [-0.39, 0.29) is 17.9 Å². The van der Waals surface area contributed by atoms with Gasteiger partial charge in [-0.2, -0.15) is 0 Å². The molecule has 4 rings (SSSR count). The molecule has 27 heavy (non-hydrogen) atoms. The standard InChI is InChI=1S/C20H20N2O4S/c23-18(22-8-2-1-3-9-22)7-5-15-12-25-17-6-4-14(10-16(15)17)11-19-26-13-21-20(24)27-19/h4-7,10-12H,1-3,8-9,13H2,(H,21,24)/b7-5+,19-11-. The predicted molar refractivity (Wildman–Crippen MR) is 106 cm³/mol. The number of hydrogen-bond donors (Lipinski definition) is 1. The molecular weight excluding hydrogens is 364 g/mol. The molecule has 2 fully saturated rings. The summed E-state index contributed by atoms with van der Waals surface area (Å²) >= 11 is 1.02. The van der Waals surface area contributed by atoms with Gasteiger partial charge in [-0.25, -0.2) is 0 Å². The molecule has 0 atom stereocenters. The Hall–Kier alpha value is -2.67. The van der Waals surface area contributed by atoms with E-state index in [0.29, 0.717) is 5.09 Å². The van der Waals surface area contributed by atoms with Crippen molar-refractivity contribution in [3.05, 3.63) is 46.8 Å². The van der Waals surface area contributed by atoms with Gasteiger partial charge in [-0.3, -0.25) is 9.59 Å². The highest BCUT2D eigenvalue weighted by molar-refractivity contribution is 8.16. The van der Waals surface area contributed by atoms with Crippen LogP contribution < -0.4 is 5.32 Å². The van der Waals surface area contributed by atoms with Crippen molar-refractivity contribution in [2.75, 3.05) is 19.8 Å². The normalized spacial score (nSPS) is 19.5. The van der Waals surface area contributed by atoms with Gasteiger partial charge in [-0.15, -0.1) is 0 Å². The number of carbonyl (C=O) groups is 2. The minimum absolute atomic E-state index is 0.0420. The zero-order valence-electron chi connectivity index (χ0n) is 14.8. The number of ether oxygens (including phenoxy) is 1. The Morgan fingerprint density at radius 1 is 1.22 bits per heavy atom. The molecule has 6 nitrogen and oxygen atoms in total. The first-order valence-electron chi connectivity index (χ1n) is 8.97. The van der Waals surface area contributed by atoms with Crippen LogP contribution in [0.3, 0.4) is 0 Å². The van der Waals surface area contributed by atoms with Crippen molar-refractivity contribution in [1.29, 1.82) is 0 Å². The van der Waals surface area contributed by atoms with E-state index in [0.717, 1.165) is 59.8 Å². The Morgan fingerprint density at radius 3 is 2.89 bits per heavy atom. The number of benzene rings is 1. The van der Waals surface area contributed by atoms with Gasteiger partial charge in [0.2, 0.25) is 5.91 Å². The molecule has 140 valence electrons. The number of nitrogens with one attached hydrogen (secondary N) is 1. The fourth-order valence-electron chi connectivity index (χ4n) is 3.20. The number of nitrogens with zero attached hydrogens (tertiary/aromatic N) is 1. The summed E-state index contributed by atoms with van der Waals surface area (Å²) < 4.78 is 11.0. The third-order valence-corrected chi connectivity index (χ3v) is 5.38. The maximum atomic E-state index is 12.3. The maximum absolute atomic E-state index is 12.3. The van der Waals surface area contributed by atoms with Crippen LogP contribution in [-0.2, 0) is 9.53 Å². The van der Waals surface area contributed by atoms with Crippen LogP contribution in [0.15, 0.2) is 40.0 Å². The number of carbonyl (C=O) groups excluding carboxylic acids is 2. The highest BCUT2D eigenvalue weighted by atomic mass is 32.2. The fourth-order valence-corrected chi connectivity index (χ4v) is 3.82. The second-order valence-corrected chi connectivity index (χ2v) is 7.46. The van der Waals surface area contributed by atoms with Crippen molar-refractivity contribution in [3.8, 4) is 0 Å². The Balaban J connectivity index is 1.55. The summed E-state index contributed by atoms with van der Waals surface area (Å²) in [5.41, 5.74) is 2.50. The molecule has 2 aromatic rings. The summed E-state index contributed by atoms with van der Waals surface area (Å²) in [6, 6.07) is 5.74. The molecule has 0 aliphatic carbocycles. The third kappa shape index (κ3) is 4.19. The van der Waals surface area contributed by atoms with Crippen LogP contribution in [0.2, 0.25) is 0 Å². The Bertz CT molecular complexity index is 925. The average molecular weight is 384 g/mol. The molecule has 0 spiro atoms. The molecule has 2 amide bonds. The molecule has 2 saturated heterocycles. The highest BCUT2D eigenvalue weighted by Gasteiger charge is 2.15. The first-order valence-corrected chi connectivity index (χ1v) is 9.79. The second kappa shape index (κ2) is 7.92. The van der Waals surface area contributed by atoms with Crippen molar-refractivity contribution in [2.45, 2.75) is 19.3 Å². The molecule has 0 radical (unpaired) electrons. The number of thioether (sulfide) groups is 1. The van der Waals surface area contributed by atoms with Crippen LogP contribution >= 0.6 is 11.8 Å². The Kier molecular flexibility index (Phi) is 5.20. The number of amides is 2. The van der Waals surface area contributed by atoms with E-state index in [2.05, 4.69) is 5.32 Å². The van der Waals surface area contributed by atoms with Crippen LogP contribution in [0.4, 0.5) is 4.79 Å². The van der Waals surface area contributed by atoms with Crippen LogP contribution in [0.25, 0.3) is 23.1 Å². The van der Waals surface area contributed by atoms with E-state index in [1.165, 1.54) is 6.42 Å².